The lowest BCUT2D eigenvalue weighted by Gasteiger charge is -2.39. The lowest BCUT2D eigenvalue weighted by atomic mass is 9.96. The molecular weight excluding hydrogens is 471 g/mol. The van der Waals surface area contributed by atoms with Crippen molar-refractivity contribution in [3.05, 3.63) is 70.8 Å². The molecule has 2 fully saturated rings. The number of benzene rings is 2. The molecule has 1 amide bonds. The van der Waals surface area contributed by atoms with Crippen molar-refractivity contribution >= 4 is 32.5 Å². The topological polar surface area (TPSA) is 93.8 Å². The van der Waals surface area contributed by atoms with Crippen LogP contribution in [0.2, 0.25) is 0 Å². The fourth-order valence-corrected chi connectivity index (χ4v) is 6.42. The average molecular weight is 499 g/mol. The summed E-state index contributed by atoms with van der Waals surface area (Å²) in [5.41, 5.74) is 0.891. The van der Waals surface area contributed by atoms with Gasteiger partial charge in [-0.25, -0.2) is 12.8 Å². The third-order valence-electron chi connectivity index (χ3n) is 6.92. The van der Waals surface area contributed by atoms with Crippen molar-refractivity contribution in [2.45, 2.75) is 17.7 Å². The number of halogens is 1. The Morgan fingerprint density at radius 2 is 1.63 bits per heavy atom. The predicted octanol–water partition coefficient (Wildman–Crippen LogP) is 2.42. The quantitative estimate of drug-likeness (QED) is 0.596. The van der Waals surface area contributed by atoms with Crippen LogP contribution in [0.4, 0.5) is 10.1 Å². The van der Waals surface area contributed by atoms with E-state index < -0.39 is 10.0 Å². The molecule has 0 unspecified atom stereocenters. The van der Waals surface area contributed by atoms with Crippen molar-refractivity contribution in [2.75, 3.05) is 44.2 Å². The Morgan fingerprint density at radius 3 is 2.34 bits per heavy atom. The highest BCUT2D eigenvalue weighted by molar-refractivity contribution is 7.89. The van der Waals surface area contributed by atoms with Gasteiger partial charge in [0.2, 0.25) is 21.5 Å². The maximum atomic E-state index is 14.1. The number of hydrogen-bond acceptors (Lipinski definition) is 5. The minimum absolute atomic E-state index is 0.0462. The van der Waals surface area contributed by atoms with E-state index in [0.29, 0.717) is 55.6 Å². The number of sulfonamides is 1. The van der Waals surface area contributed by atoms with Gasteiger partial charge in [0.15, 0.2) is 0 Å². The van der Waals surface area contributed by atoms with E-state index in [1.54, 1.807) is 36.4 Å². The molecule has 0 saturated carbocycles. The molecule has 3 aromatic rings. The van der Waals surface area contributed by atoms with E-state index in [-0.39, 0.29) is 41.2 Å². The molecule has 184 valence electrons. The molecule has 0 aliphatic carbocycles. The number of carbonyl (C=O) groups is 1. The first-order valence-corrected chi connectivity index (χ1v) is 13.2. The molecule has 0 atom stereocenters. The van der Waals surface area contributed by atoms with E-state index in [2.05, 4.69) is 4.98 Å². The van der Waals surface area contributed by atoms with Crippen molar-refractivity contribution in [3.63, 3.8) is 0 Å². The van der Waals surface area contributed by atoms with Crippen molar-refractivity contribution in [1.29, 1.82) is 0 Å². The van der Waals surface area contributed by atoms with Crippen LogP contribution in [0.15, 0.2) is 64.3 Å². The number of pyridine rings is 1. The molecule has 2 aliphatic heterocycles. The Hall–Kier alpha value is -3.24. The molecule has 5 rings (SSSR count). The molecule has 10 heteroatoms. The number of carbonyl (C=O) groups excluding carboxylic acids is 1. The summed E-state index contributed by atoms with van der Waals surface area (Å²) in [6, 6.07) is 14.3. The minimum atomic E-state index is -3.71. The number of hydrogen-bond donors (Lipinski definition) is 1. The van der Waals surface area contributed by atoms with E-state index in [1.807, 2.05) is 9.80 Å². The molecular formula is C25H27FN4O4S. The number of piperazine rings is 1. The van der Waals surface area contributed by atoms with Crippen LogP contribution in [0.25, 0.3) is 10.9 Å². The number of H-pyrrole nitrogens is 1. The van der Waals surface area contributed by atoms with E-state index in [4.69, 9.17) is 0 Å². The van der Waals surface area contributed by atoms with Crippen molar-refractivity contribution in [3.8, 4) is 0 Å². The molecule has 2 aromatic carbocycles. The zero-order valence-electron chi connectivity index (χ0n) is 19.2. The van der Waals surface area contributed by atoms with Gasteiger partial charge in [0, 0.05) is 56.8 Å². The molecule has 3 heterocycles. The maximum Gasteiger partial charge on any atom is 0.248 e. The second-order valence-electron chi connectivity index (χ2n) is 9.01. The highest BCUT2D eigenvalue weighted by Gasteiger charge is 2.35. The first kappa shape index (κ1) is 23.5. The molecule has 8 nitrogen and oxygen atoms in total. The number of amides is 1. The zero-order valence-corrected chi connectivity index (χ0v) is 20.0. The first-order valence-electron chi connectivity index (χ1n) is 11.7. The molecule has 0 bridgehead atoms. The van der Waals surface area contributed by atoms with Crippen molar-refractivity contribution < 1.29 is 17.6 Å². The Morgan fingerprint density at radius 1 is 0.914 bits per heavy atom. The summed E-state index contributed by atoms with van der Waals surface area (Å²) in [6.07, 6.45) is 0.930. The summed E-state index contributed by atoms with van der Waals surface area (Å²) in [7, 11) is -3.71. The third-order valence-corrected chi connectivity index (χ3v) is 8.82. The molecule has 35 heavy (non-hydrogen) atoms. The highest BCUT2D eigenvalue weighted by atomic mass is 32.2. The minimum Gasteiger partial charge on any atom is -0.366 e. The molecule has 1 N–H and O–H groups in total. The van der Waals surface area contributed by atoms with Crippen LogP contribution < -0.4 is 10.5 Å². The smallest absolute Gasteiger partial charge is 0.248 e. The van der Waals surface area contributed by atoms with Crippen LogP contribution in [-0.4, -0.2) is 67.8 Å². The SMILES string of the molecule is O=C(C1CCN(S(=O)(=O)c2ccc3[nH]c(=O)ccc3c2)CC1)N1CCN(c2ccccc2F)CC1. The Bertz CT molecular complexity index is 1410. The molecule has 1 aromatic heterocycles. The van der Waals surface area contributed by atoms with Crippen LogP contribution in [0.3, 0.4) is 0 Å². The van der Waals surface area contributed by atoms with Gasteiger partial charge in [-0.15, -0.1) is 0 Å². The molecule has 0 radical (unpaired) electrons. The van der Waals surface area contributed by atoms with E-state index >= 15 is 0 Å². The number of rotatable bonds is 4. The van der Waals surface area contributed by atoms with Gasteiger partial charge in [0.25, 0.3) is 0 Å². The predicted molar refractivity (Wildman–Crippen MR) is 131 cm³/mol. The van der Waals surface area contributed by atoms with Crippen LogP contribution in [0, 0.1) is 11.7 Å². The van der Waals surface area contributed by atoms with E-state index in [1.165, 1.54) is 22.5 Å². The van der Waals surface area contributed by atoms with Crippen LogP contribution in [-0.2, 0) is 14.8 Å². The number of piperidine rings is 1. The number of nitrogens with zero attached hydrogens (tertiary/aromatic N) is 3. The fraction of sp³-hybridized carbons (Fsp3) is 0.360. The lowest BCUT2D eigenvalue weighted by Crippen LogP contribution is -2.52. The van der Waals surface area contributed by atoms with Gasteiger partial charge in [0.05, 0.1) is 10.6 Å². The third kappa shape index (κ3) is 4.68. The van der Waals surface area contributed by atoms with Crippen LogP contribution in [0.1, 0.15) is 12.8 Å². The maximum absolute atomic E-state index is 14.1. The van der Waals surface area contributed by atoms with Gasteiger partial charge in [-0.05, 0) is 54.6 Å². The van der Waals surface area contributed by atoms with Crippen molar-refractivity contribution in [1.82, 2.24) is 14.2 Å². The summed E-state index contributed by atoms with van der Waals surface area (Å²) >= 11 is 0. The van der Waals surface area contributed by atoms with Crippen LogP contribution >= 0.6 is 0 Å². The van der Waals surface area contributed by atoms with Gasteiger partial charge in [-0.3, -0.25) is 9.59 Å². The number of fused-ring (bicyclic) bond motifs is 1. The summed E-state index contributed by atoms with van der Waals surface area (Å²) < 4.78 is 41.9. The Kier molecular flexibility index (Phi) is 6.33. The second-order valence-corrected chi connectivity index (χ2v) is 11.0. The van der Waals surface area contributed by atoms with Gasteiger partial charge < -0.3 is 14.8 Å². The van der Waals surface area contributed by atoms with Gasteiger partial charge >= 0.3 is 0 Å². The zero-order chi connectivity index (χ0) is 24.6. The Balaban J connectivity index is 1.19. The lowest BCUT2D eigenvalue weighted by molar-refractivity contribution is -0.137. The summed E-state index contributed by atoms with van der Waals surface area (Å²) in [5.74, 6) is -0.436. The number of aromatic amines is 1. The first-order chi connectivity index (χ1) is 16.8. The number of anilines is 1. The highest BCUT2D eigenvalue weighted by Crippen LogP contribution is 2.27. The standard InChI is InChI=1S/C25H27FN4O4S/c26-21-3-1-2-4-23(21)28-13-15-29(16-14-28)25(32)18-9-11-30(12-10-18)35(33,34)20-6-7-22-19(17-20)5-8-24(31)27-22/h1-8,17-18H,9-16H2,(H,27,31). The number of nitrogens with one attached hydrogen (secondary N) is 1. The molecule has 2 saturated heterocycles. The number of para-hydroxylation sites is 1. The number of aromatic nitrogens is 1. The summed E-state index contributed by atoms with van der Waals surface area (Å²) in [6.45, 7) is 2.71. The normalized spacial score (nSPS) is 18.2. The van der Waals surface area contributed by atoms with Crippen LogP contribution in [0.5, 0.6) is 0 Å². The largest absolute Gasteiger partial charge is 0.366 e. The van der Waals surface area contributed by atoms with E-state index in [9.17, 15) is 22.4 Å². The summed E-state index contributed by atoms with van der Waals surface area (Å²) in [4.78, 5) is 31.2. The average Bonchev–Trinajstić information content (AvgIpc) is 2.88. The van der Waals surface area contributed by atoms with Gasteiger partial charge in [-0.1, -0.05) is 12.1 Å². The van der Waals surface area contributed by atoms with Gasteiger partial charge in [0.1, 0.15) is 5.82 Å². The molecule has 2 aliphatic rings. The Labute approximate surface area is 203 Å². The van der Waals surface area contributed by atoms with E-state index in [0.717, 1.165) is 0 Å². The fourth-order valence-electron chi connectivity index (χ4n) is 4.92. The monoisotopic (exact) mass is 498 g/mol. The molecule has 0 spiro atoms. The second kappa shape index (κ2) is 9.43. The summed E-state index contributed by atoms with van der Waals surface area (Å²) in [5, 5.41) is 0.644. The van der Waals surface area contributed by atoms with Gasteiger partial charge in [-0.2, -0.15) is 4.31 Å². The van der Waals surface area contributed by atoms with Crippen molar-refractivity contribution in [2.24, 2.45) is 5.92 Å².